The number of nitriles is 1. The number of nitro benzene ring substituents is 1. The zero-order chi connectivity index (χ0) is 15.4. The topological polar surface area (TPSA) is 96.0 Å². The number of carbonyl (C=O) groups is 1. The molecule has 0 radical (unpaired) electrons. The Morgan fingerprint density at radius 2 is 2.00 bits per heavy atom. The SMILES string of the molecule is N#Cc1ccccc1NC(=O)c1ccc(Br)c([N+](=O)[O-])c1. The minimum atomic E-state index is -0.579. The Hall–Kier alpha value is -2.72. The molecule has 0 aliphatic rings. The molecule has 2 aromatic rings. The van der Waals surface area contributed by atoms with Gasteiger partial charge >= 0.3 is 0 Å². The average Bonchev–Trinajstić information content (AvgIpc) is 2.47. The Morgan fingerprint density at radius 3 is 2.67 bits per heavy atom. The number of halogens is 1. The van der Waals surface area contributed by atoms with Crippen molar-refractivity contribution in [1.29, 1.82) is 5.26 Å². The second-order valence-electron chi connectivity index (χ2n) is 4.03. The molecule has 2 aromatic carbocycles. The third-order valence-corrected chi connectivity index (χ3v) is 3.37. The van der Waals surface area contributed by atoms with Gasteiger partial charge in [0.1, 0.15) is 6.07 Å². The fourth-order valence-electron chi connectivity index (χ4n) is 1.68. The third-order valence-electron chi connectivity index (χ3n) is 2.70. The van der Waals surface area contributed by atoms with Crippen molar-refractivity contribution in [2.75, 3.05) is 5.32 Å². The molecule has 0 aliphatic carbocycles. The molecule has 21 heavy (non-hydrogen) atoms. The van der Waals surface area contributed by atoms with Crippen molar-refractivity contribution in [2.45, 2.75) is 0 Å². The first-order valence-electron chi connectivity index (χ1n) is 5.77. The van der Waals surface area contributed by atoms with Crippen molar-refractivity contribution in [3.63, 3.8) is 0 Å². The van der Waals surface area contributed by atoms with E-state index in [4.69, 9.17) is 5.26 Å². The Labute approximate surface area is 128 Å². The number of anilines is 1. The first kappa shape index (κ1) is 14.7. The van der Waals surface area contributed by atoms with Gasteiger partial charge in [0.05, 0.1) is 20.6 Å². The van der Waals surface area contributed by atoms with Gasteiger partial charge in [-0.15, -0.1) is 0 Å². The smallest absolute Gasteiger partial charge is 0.284 e. The number of rotatable bonds is 3. The average molecular weight is 346 g/mol. The molecule has 0 aliphatic heterocycles. The molecule has 6 nitrogen and oxygen atoms in total. The van der Waals surface area contributed by atoms with Crippen LogP contribution in [0, 0.1) is 21.4 Å². The van der Waals surface area contributed by atoms with Crippen molar-refractivity contribution >= 4 is 33.2 Å². The van der Waals surface area contributed by atoms with Crippen molar-refractivity contribution in [3.05, 3.63) is 68.2 Å². The van der Waals surface area contributed by atoms with E-state index >= 15 is 0 Å². The highest BCUT2D eigenvalue weighted by Crippen LogP contribution is 2.26. The Morgan fingerprint density at radius 1 is 1.29 bits per heavy atom. The van der Waals surface area contributed by atoms with Crippen LogP contribution in [0.15, 0.2) is 46.9 Å². The van der Waals surface area contributed by atoms with E-state index < -0.39 is 10.8 Å². The standard InChI is InChI=1S/C14H8BrN3O3/c15-11-6-5-9(7-13(11)18(20)21)14(19)17-12-4-2-1-3-10(12)8-16/h1-7H,(H,17,19). The highest BCUT2D eigenvalue weighted by molar-refractivity contribution is 9.10. The van der Waals surface area contributed by atoms with E-state index in [1.54, 1.807) is 24.3 Å². The highest BCUT2D eigenvalue weighted by atomic mass is 79.9. The first-order chi connectivity index (χ1) is 10.0. The number of benzene rings is 2. The Bertz CT molecular complexity index is 768. The van der Waals surface area contributed by atoms with E-state index in [1.807, 2.05) is 6.07 Å². The normalized spacial score (nSPS) is 9.71. The number of nitrogens with one attached hydrogen (secondary N) is 1. The molecule has 7 heteroatoms. The predicted octanol–water partition coefficient (Wildman–Crippen LogP) is 3.48. The van der Waals surface area contributed by atoms with Crippen molar-refractivity contribution in [3.8, 4) is 6.07 Å². The molecule has 0 heterocycles. The maximum absolute atomic E-state index is 12.1. The zero-order valence-electron chi connectivity index (χ0n) is 10.5. The summed E-state index contributed by atoms with van der Waals surface area (Å²) in [5.41, 5.74) is 0.613. The number of amides is 1. The number of para-hydroxylation sites is 1. The summed E-state index contributed by atoms with van der Waals surface area (Å²) < 4.78 is 0.293. The molecule has 0 atom stereocenters. The minimum Gasteiger partial charge on any atom is -0.321 e. The number of nitrogens with zero attached hydrogens (tertiary/aromatic N) is 2. The van der Waals surface area contributed by atoms with Gasteiger partial charge in [-0.2, -0.15) is 5.26 Å². The molecule has 0 aromatic heterocycles. The maximum Gasteiger partial charge on any atom is 0.284 e. The fraction of sp³-hybridized carbons (Fsp3) is 0. The molecule has 1 amide bonds. The van der Waals surface area contributed by atoms with E-state index in [0.717, 1.165) is 0 Å². The Kier molecular flexibility index (Phi) is 4.30. The number of hydrogen-bond donors (Lipinski definition) is 1. The summed E-state index contributed by atoms with van der Waals surface area (Å²) in [6.45, 7) is 0. The monoisotopic (exact) mass is 345 g/mol. The summed E-state index contributed by atoms with van der Waals surface area (Å²) in [4.78, 5) is 22.4. The largest absolute Gasteiger partial charge is 0.321 e. The van der Waals surface area contributed by atoms with E-state index in [2.05, 4.69) is 21.2 Å². The quantitative estimate of drug-likeness (QED) is 0.680. The van der Waals surface area contributed by atoms with E-state index in [0.29, 0.717) is 15.7 Å². The van der Waals surface area contributed by atoms with Crippen LogP contribution in [0.1, 0.15) is 15.9 Å². The van der Waals surface area contributed by atoms with Gasteiger partial charge in [0.25, 0.3) is 11.6 Å². The molecule has 0 saturated heterocycles. The first-order valence-corrected chi connectivity index (χ1v) is 6.56. The summed E-state index contributed by atoms with van der Waals surface area (Å²) in [6, 6.07) is 12.5. The highest BCUT2D eigenvalue weighted by Gasteiger charge is 2.16. The molecule has 0 saturated carbocycles. The van der Waals surface area contributed by atoms with Crippen molar-refractivity contribution in [2.24, 2.45) is 0 Å². The van der Waals surface area contributed by atoms with Gasteiger partial charge in [-0.1, -0.05) is 12.1 Å². The maximum atomic E-state index is 12.1. The molecule has 0 bridgehead atoms. The Balaban J connectivity index is 2.31. The van der Waals surface area contributed by atoms with Crippen LogP contribution in [0.4, 0.5) is 11.4 Å². The summed E-state index contributed by atoms with van der Waals surface area (Å²) >= 11 is 3.05. The molecular formula is C14H8BrN3O3. The van der Waals surface area contributed by atoms with Gasteiger partial charge in [0.15, 0.2) is 0 Å². The van der Waals surface area contributed by atoms with Gasteiger partial charge in [0.2, 0.25) is 0 Å². The molecular weight excluding hydrogens is 338 g/mol. The lowest BCUT2D eigenvalue weighted by atomic mass is 10.1. The minimum absolute atomic E-state index is 0.137. The van der Waals surface area contributed by atoms with Crippen molar-refractivity contribution in [1.82, 2.24) is 0 Å². The van der Waals surface area contributed by atoms with Gasteiger partial charge in [-0.3, -0.25) is 14.9 Å². The molecule has 0 fully saturated rings. The van der Waals surface area contributed by atoms with Gasteiger partial charge in [0, 0.05) is 11.6 Å². The fourth-order valence-corrected chi connectivity index (χ4v) is 2.07. The van der Waals surface area contributed by atoms with Crippen LogP contribution >= 0.6 is 15.9 Å². The van der Waals surface area contributed by atoms with Crippen LogP contribution in [-0.2, 0) is 0 Å². The van der Waals surface area contributed by atoms with Gasteiger partial charge < -0.3 is 5.32 Å². The van der Waals surface area contributed by atoms with Gasteiger partial charge in [-0.25, -0.2) is 0 Å². The molecule has 1 N–H and O–H groups in total. The number of hydrogen-bond acceptors (Lipinski definition) is 4. The summed E-state index contributed by atoms with van der Waals surface area (Å²) in [5.74, 6) is -0.520. The number of carbonyl (C=O) groups excluding carboxylic acids is 1. The van der Waals surface area contributed by atoms with Crippen LogP contribution in [0.3, 0.4) is 0 Å². The summed E-state index contributed by atoms with van der Waals surface area (Å²) in [5, 5.41) is 22.4. The lowest BCUT2D eigenvalue weighted by Crippen LogP contribution is -2.13. The van der Waals surface area contributed by atoms with E-state index in [-0.39, 0.29) is 11.3 Å². The van der Waals surface area contributed by atoms with Crippen LogP contribution in [0.2, 0.25) is 0 Å². The summed E-state index contributed by atoms with van der Waals surface area (Å²) in [7, 11) is 0. The van der Waals surface area contributed by atoms with Gasteiger partial charge in [-0.05, 0) is 40.2 Å². The molecule has 0 spiro atoms. The lowest BCUT2D eigenvalue weighted by molar-refractivity contribution is -0.385. The van der Waals surface area contributed by atoms with Crippen LogP contribution in [0.25, 0.3) is 0 Å². The summed E-state index contributed by atoms with van der Waals surface area (Å²) in [6.07, 6.45) is 0. The number of nitro groups is 1. The van der Waals surface area contributed by atoms with Crippen LogP contribution in [0.5, 0.6) is 0 Å². The van der Waals surface area contributed by atoms with E-state index in [9.17, 15) is 14.9 Å². The lowest BCUT2D eigenvalue weighted by Gasteiger charge is -2.07. The van der Waals surface area contributed by atoms with Crippen LogP contribution < -0.4 is 5.32 Å². The molecule has 2 rings (SSSR count). The molecule has 104 valence electrons. The predicted molar refractivity (Wildman–Crippen MR) is 79.9 cm³/mol. The second kappa shape index (κ2) is 6.15. The van der Waals surface area contributed by atoms with Crippen molar-refractivity contribution < 1.29 is 9.72 Å². The molecule has 0 unspecified atom stereocenters. The third kappa shape index (κ3) is 3.24. The second-order valence-corrected chi connectivity index (χ2v) is 4.89. The van der Waals surface area contributed by atoms with Crippen LogP contribution in [-0.4, -0.2) is 10.8 Å². The zero-order valence-corrected chi connectivity index (χ0v) is 12.1. The van der Waals surface area contributed by atoms with E-state index in [1.165, 1.54) is 18.2 Å².